The van der Waals surface area contributed by atoms with Gasteiger partial charge in [-0.1, -0.05) is 12.1 Å². The fourth-order valence-electron chi connectivity index (χ4n) is 2.82. The van der Waals surface area contributed by atoms with Gasteiger partial charge < -0.3 is 9.88 Å². The van der Waals surface area contributed by atoms with E-state index in [2.05, 4.69) is 15.3 Å². The van der Waals surface area contributed by atoms with Gasteiger partial charge in [0.05, 0.1) is 29.6 Å². The Hall–Kier alpha value is -3.02. The molecule has 3 aromatic rings. The number of aromatic nitrogens is 3. The Morgan fingerprint density at radius 3 is 2.68 bits per heavy atom. The predicted octanol–water partition coefficient (Wildman–Crippen LogP) is 2.82. The van der Waals surface area contributed by atoms with E-state index in [0.717, 1.165) is 16.7 Å². The molecule has 0 aliphatic heterocycles. The second-order valence-electron chi connectivity index (χ2n) is 6.03. The van der Waals surface area contributed by atoms with Crippen LogP contribution in [0.1, 0.15) is 41.6 Å². The normalized spacial score (nSPS) is 12.1. The third-order valence-electron chi connectivity index (χ3n) is 4.24. The van der Waals surface area contributed by atoms with Crippen molar-refractivity contribution in [3.8, 4) is 0 Å². The van der Waals surface area contributed by atoms with Gasteiger partial charge in [-0.05, 0) is 45.0 Å². The van der Waals surface area contributed by atoms with Gasteiger partial charge in [-0.15, -0.1) is 0 Å². The second kappa shape index (κ2) is 6.84. The van der Waals surface area contributed by atoms with E-state index in [4.69, 9.17) is 0 Å². The van der Waals surface area contributed by atoms with Crippen LogP contribution in [0.2, 0.25) is 0 Å². The first kappa shape index (κ1) is 16.8. The molecular weight excluding hydrogens is 316 g/mol. The summed E-state index contributed by atoms with van der Waals surface area (Å²) in [5, 5.41) is 2.89. The van der Waals surface area contributed by atoms with Crippen LogP contribution in [0, 0.1) is 6.92 Å². The third kappa shape index (κ3) is 3.42. The molecule has 0 saturated carbocycles. The fourth-order valence-corrected chi connectivity index (χ4v) is 2.82. The van der Waals surface area contributed by atoms with Crippen molar-refractivity contribution >= 4 is 22.7 Å². The SMILES string of the molecule is CC(=O)c1ccc(CNC(=O)C(C)n2cnc3ccccc32)nc1C. The molecule has 1 aromatic carbocycles. The average molecular weight is 336 g/mol. The number of rotatable bonds is 5. The third-order valence-corrected chi connectivity index (χ3v) is 4.24. The number of hydrogen-bond acceptors (Lipinski definition) is 4. The molecule has 1 amide bonds. The van der Waals surface area contributed by atoms with Crippen molar-refractivity contribution in [1.29, 1.82) is 0 Å². The lowest BCUT2D eigenvalue weighted by Crippen LogP contribution is -2.30. The highest BCUT2D eigenvalue weighted by atomic mass is 16.2. The Morgan fingerprint density at radius 1 is 1.20 bits per heavy atom. The molecule has 3 rings (SSSR count). The van der Waals surface area contributed by atoms with E-state index in [0.29, 0.717) is 17.8 Å². The Kier molecular flexibility index (Phi) is 4.61. The summed E-state index contributed by atoms with van der Waals surface area (Å²) in [4.78, 5) is 32.6. The van der Waals surface area contributed by atoms with Crippen molar-refractivity contribution in [2.75, 3.05) is 0 Å². The zero-order valence-corrected chi connectivity index (χ0v) is 14.5. The number of amides is 1. The summed E-state index contributed by atoms with van der Waals surface area (Å²) < 4.78 is 1.85. The standard InChI is InChI=1S/C19H20N4O2/c1-12-16(14(3)24)9-8-15(22-12)10-20-19(25)13(2)23-11-21-17-6-4-5-7-18(17)23/h4-9,11,13H,10H2,1-3H3,(H,20,25). The molecule has 0 spiro atoms. The lowest BCUT2D eigenvalue weighted by molar-refractivity contribution is -0.124. The molecule has 0 radical (unpaired) electrons. The number of Topliss-reactive ketones (excluding diaryl/α,β-unsaturated/α-hetero) is 1. The van der Waals surface area contributed by atoms with Crippen LogP contribution >= 0.6 is 0 Å². The molecule has 2 aromatic heterocycles. The summed E-state index contributed by atoms with van der Waals surface area (Å²) in [6, 6.07) is 10.8. The molecule has 128 valence electrons. The van der Waals surface area contributed by atoms with E-state index in [1.54, 1.807) is 25.4 Å². The monoisotopic (exact) mass is 336 g/mol. The van der Waals surface area contributed by atoms with Gasteiger partial charge in [0.1, 0.15) is 6.04 Å². The van der Waals surface area contributed by atoms with E-state index in [1.165, 1.54) is 6.92 Å². The molecule has 6 heteroatoms. The topological polar surface area (TPSA) is 76.9 Å². The number of para-hydroxylation sites is 2. The van der Waals surface area contributed by atoms with Crippen molar-refractivity contribution in [2.24, 2.45) is 0 Å². The predicted molar refractivity (Wildman–Crippen MR) is 95.3 cm³/mol. The van der Waals surface area contributed by atoms with E-state index in [-0.39, 0.29) is 17.7 Å². The van der Waals surface area contributed by atoms with E-state index in [1.807, 2.05) is 35.8 Å². The Balaban J connectivity index is 1.70. The molecule has 1 N–H and O–H groups in total. The summed E-state index contributed by atoms with van der Waals surface area (Å²) >= 11 is 0. The number of nitrogens with zero attached hydrogens (tertiary/aromatic N) is 3. The maximum Gasteiger partial charge on any atom is 0.243 e. The number of imidazole rings is 1. The number of aryl methyl sites for hydroxylation is 1. The van der Waals surface area contributed by atoms with Gasteiger partial charge in [0.15, 0.2) is 5.78 Å². The number of carbonyl (C=O) groups excluding carboxylic acids is 2. The molecule has 0 saturated heterocycles. The highest BCUT2D eigenvalue weighted by Gasteiger charge is 2.17. The summed E-state index contributed by atoms with van der Waals surface area (Å²) in [5.74, 6) is -0.126. The molecule has 6 nitrogen and oxygen atoms in total. The van der Waals surface area contributed by atoms with Crippen LogP contribution in [-0.4, -0.2) is 26.2 Å². The van der Waals surface area contributed by atoms with Crippen LogP contribution in [0.25, 0.3) is 11.0 Å². The minimum atomic E-state index is -0.384. The minimum Gasteiger partial charge on any atom is -0.349 e. The molecule has 0 aliphatic rings. The Labute approximate surface area is 145 Å². The fraction of sp³-hybridized carbons (Fsp3) is 0.263. The highest BCUT2D eigenvalue weighted by molar-refractivity contribution is 5.95. The summed E-state index contributed by atoms with van der Waals surface area (Å²) in [6.45, 7) is 5.46. The van der Waals surface area contributed by atoms with Crippen LogP contribution in [0.5, 0.6) is 0 Å². The number of nitrogens with one attached hydrogen (secondary N) is 1. The van der Waals surface area contributed by atoms with Gasteiger partial charge in [-0.25, -0.2) is 4.98 Å². The van der Waals surface area contributed by atoms with Crippen LogP contribution < -0.4 is 5.32 Å². The molecule has 25 heavy (non-hydrogen) atoms. The van der Waals surface area contributed by atoms with Crippen LogP contribution in [0.15, 0.2) is 42.7 Å². The largest absolute Gasteiger partial charge is 0.349 e. The first-order valence-corrected chi connectivity index (χ1v) is 8.14. The Morgan fingerprint density at radius 2 is 1.96 bits per heavy atom. The smallest absolute Gasteiger partial charge is 0.243 e. The molecule has 0 bridgehead atoms. The van der Waals surface area contributed by atoms with Crippen molar-refractivity contribution in [1.82, 2.24) is 19.9 Å². The average Bonchev–Trinajstić information content (AvgIpc) is 3.02. The van der Waals surface area contributed by atoms with Gasteiger partial charge in [0, 0.05) is 11.3 Å². The van der Waals surface area contributed by atoms with Crippen molar-refractivity contribution in [3.63, 3.8) is 0 Å². The van der Waals surface area contributed by atoms with E-state index < -0.39 is 0 Å². The summed E-state index contributed by atoms with van der Waals surface area (Å²) in [5.41, 5.74) is 3.78. The zero-order valence-electron chi connectivity index (χ0n) is 14.5. The number of carbonyl (C=O) groups is 2. The maximum atomic E-state index is 12.5. The maximum absolute atomic E-state index is 12.5. The number of fused-ring (bicyclic) bond motifs is 1. The van der Waals surface area contributed by atoms with Crippen LogP contribution in [0.3, 0.4) is 0 Å². The quantitative estimate of drug-likeness (QED) is 0.727. The Bertz CT molecular complexity index is 946. The first-order valence-electron chi connectivity index (χ1n) is 8.14. The van der Waals surface area contributed by atoms with Crippen LogP contribution in [-0.2, 0) is 11.3 Å². The van der Waals surface area contributed by atoms with E-state index >= 15 is 0 Å². The van der Waals surface area contributed by atoms with Crippen molar-refractivity contribution in [2.45, 2.75) is 33.4 Å². The molecule has 0 fully saturated rings. The van der Waals surface area contributed by atoms with Gasteiger partial charge in [-0.2, -0.15) is 0 Å². The van der Waals surface area contributed by atoms with Gasteiger partial charge in [0.25, 0.3) is 0 Å². The van der Waals surface area contributed by atoms with Gasteiger partial charge in [-0.3, -0.25) is 14.6 Å². The molecular formula is C19H20N4O2. The zero-order chi connectivity index (χ0) is 18.0. The minimum absolute atomic E-state index is 0.0128. The van der Waals surface area contributed by atoms with Gasteiger partial charge >= 0.3 is 0 Å². The van der Waals surface area contributed by atoms with Gasteiger partial charge in [0.2, 0.25) is 5.91 Å². The molecule has 1 unspecified atom stereocenters. The lowest BCUT2D eigenvalue weighted by Gasteiger charge is -2.15. The number of ketones is 1. The summed E-state index contributed by atoms with van der Waals surface area (Å²) in [7, 11) is 0. The van der Waals surface area contributed by atoms with Crippen LogP contribution in [0.4, 0.5) is 0 Å². The summed E-state index contributed by atoms with van der Waals surface area (Å²) in [6.07, 6.45) is 1.68. The second-order valence-corrected chi connectivity index (χ2v) is 6.03. The van der Waals surface area contributed by atoms with Crippen molar-refractivity contribution < 1.29 is 9.59 Å². The van der Waals surface area contributed by atoms with Crippen molar-refractivity contribution in [3.05, 3.63) is 59.7 Å². The highest BCUT2D eigenvalue weighted by Crippen LogP contribution is 2.17. The van der Waals surface area contributed by atoms with E-state index in [9.17, 15) is 9.59 Å². The number of benzene rings is 1. The first-order chi connectivity index (χ1) is 12.0. The molecule has 1 atom stereocenters. The molecule has 0 aliphatic carbocycles. The number of hydrogen-bond donors (Lipinski definition) is 1. The molecule has 2 heterocycles. The lowest BCUT2D eigenvalue weighted by atomic mass is 10.1. The number of pyridine rings is 1.